The number of carbonyl (C=O) groups excluding carboxylic acids is 1. The van der Waals surface area contributed by atoms with E-state index in [9.17, 15) is 19.1 Å². The molecule has 0 saturated carbocycles. The first-order chi connectivity index (χ1) is 14.0. The molecular formula is C23H18FNO4. The van der Waals surface area contributed by atoms with Gasteiger partial charge in [0.1, 0.15) is 23.9 Å². The Hall–Kier alpha value is -3.93. The summed E-state index contributed by atoms with van der Waals surface area (Å²) in [6, 6.07) is 21.1. The van der Waals surface area contributed by atoms with Gasteiger partial charge in [0.25, 0.3) is 5.91 Å². The maximum absolute atomic E-state index is 13.0. The molecule has 29 heavy (non-hydrogen) atoms. The highest BCUT2D eigenvalue weighted by molar-refractivity contribution is 6.02. The van der Waals surface area contributed by atoms with Gasteiger partial charge in [-0.15, -0.1) is 0 Å². The summed E-state index contributed by atoms with van der Waals surface area (Å²) in [5.74, 6) is -1.57. The Morgan fingerprint density at radius 2 is 1.69 bits per heavy atom. The average Bonchev–Trinajstić information content (AvgIpc) is 2.73. The Morgan fingerprint density at radius 3 is 2.38 bits per heavy atom. The van der Waals surface area contributed by atoms with Gasteiger partial charge in [0.05, 0.1) is 0 Å². The molecule has 0 heterocycles. The van der Waals surface area contributed by atoms with Crippen LogP contribution in [0.5, 0.6) is 5.75 Å². The number of carboxylic acid groups (broad SMARTS) is 1. The lowest BCUT2D eigenvalue weighted by Crippen LogP contribution is -2.27. The summed E-state index contributed by atoms with van der Waals surface area (Å²) in [6.45, 7) is 0.240. The second kappa shape index (κ2) is 9.32. The maximum Gasteiger partial charge on any atom is 0.352 e. The van der Waals surface area contributed by atoms with Gasteiger partial charge in [-0.25, -0.2) is 9.18 Å². The first-order valence-electron chi connectivity index (χ1n) is 8.80. The normalized spacial score (nSPS) is 11.0. The average molecular weight is 391 g/mol. The molecule has 0 aliphatic carbocycles. The molecule has 0 spiro atoms. The molecule has 0 aliphatic heterocycles. The van der Waals surface area contributed by atoms with Gasteiger partial charge < -0.3 is 15.2 Å². The van der Waals surface area contributed by atoms with Crippen molar-refractivity contribution in [1.29, 1.82) is 0 Å². The number of aliphatic carboxylic acids is 1. The quantitative estimate of drug-likeness (QED) is 0.590. The predicted molar refractivity (Wildman–Crippen MR) is 107 cm³/mol. The van der Waals surface area contributed by atoms with Crippen molar-refractivity contribution < 1.29 is 23.8 Å². The van der Waals surface area contributed by atoms with E-state index in [-0.39, 0.29) is 18.1 Å². The molecule has 0 unspecified atom stereocenters. The number of ether oxygens (including phenoxy) is 1. The zero-order valence-electron chi connectivity index (χ0n) is 15.3. The van der Waals surface area contributed by atoms with Gasteiger partial charge in [-0.1, -0.05) is 42.5 Å². The van der Waals surface area contributed by atoms with Crippen molar-refractivity contribution in [1.82, 2.24) is 5.32 Å². The number of halogens is 1. The van der Waals surface area contributed by atoms with E-state index in [0.717, 1.165) is 5.56 Å². The molecule has 6 heteroatoms. The molecule has 2 N–H and O–H groups in total. The first-order valence-corrected chi connectivity index (χ1v) is 8.80. The summed E-state index contributed by atoms with van der Waals surface area (Å²) in [4.78, 5) is 23.8. The number of hydrogen-bond donors (Lipinski definition) is 2. The lowest BCUT2D eigenvalue weighted by Gasteiger charge is -2.09. The van der Waals surface area contributed by atoms with Gasteiger partial charge in [0.2, 0.25) is 0 Å². The number of carboxylic acids is 1. The number of benzene rings is 3. The van der Waals surface area contributed by atoms with E-state index in [0.29, 0.717) is 16.9 Å². The minimum Gasteiger partial charge on any atom is -0.489 e. The van der Waals surface area contributed by atoms with Crippen LogP contribution in [0.4, 0.5) is 4.39 Å². The standard InChI is InChI=1S/C23H18FNO4/c24-19-11-9-16(10-12-19)15-29-20-8-4-5-17(13-20)14-21(23(27)28)25-22(26)18-6-2-1-3-7-18/h1-14H,15H2,(H,25,26)(H,27,28). The minimum atomic E-state index is -1.26. The third-order valence-electron chi connectivity index (χ3n) is 4.00. The van der Waals surface area contributed by atoms with Crippen LogP contribution >= 0.6 is 0 Å². The van der Waals surface area contributed by atoms with Crippen molar-refractivity contribution >= 4 is 18.0 Å². The molecule has 0 aliphatic rings. The fraction of sp³-hybridized carbons (Fsp3) is 0.0435. The molecule has 0 radical (unpaired) electrons. The number of hydrogen-bond acceptors (Lipinski definition) is 3. The summed E-state index contributed by atoms with van der Waals surface area (Å²) in [5.41, 5.74) is 1.45. The van der Waals surface area contributed by atoms with Crippen LogP contribution in [0.25, 0.3) is 6.08 Å². The van der Waals surface area contributed by atoms with E-state index in [2.05, 4.69) is 5.32 Å². The van der Waals surface area contributed by atoms with Crippen LogP contribution in [0.2, 0.25) is 0 Å². The fourth-order valence-corrected chi connectivity index (χ4v) is 2.54. The topological polar surface area (TPSA) is 75.6 Å². The van der Waals surface area contributed by atoms with E-state index >= 15 is 0 Å². The summed E-state index contributed by atoms with van der Waals surface area (Å²) >= 11 is 0. The Kier molecular flexibility index (Phi) is 6.37. The van der Waals surface area contributed by atoms with E-state index in [1.54, 1.807) is 66.7 Å². The van der Waals surface area contributed by atoms with Crippen LogP contribution in [0, 0.1) is 5.82 Å². The Balaban J connectivity index is 1.72. The number of rotatable bonds is 7. The van der Waals surface area contributed by atoms with Crippen molar-refractivity contribution in [3.8, 4) is 5.75 Å². The molecule has 0 aromatic heterocycles. The largest absolute Gasteiger partial charge is 0.489 e. The van der Waals surface area contributed by atoms with Crippen LogP contribution < -0.4 is 10.1 Å². The summed E-state index contributed by atoms with van der Waals surface area (Å²) in [6.07, 6.45) is 1.36. The van der Waals surface area contributed by atoms with Gasteiger partial charge >= 0.3 is 5.97 Å². The van der Waals surface area contributed by atoms with Crippen LogP contribution in [-0.4, -0.2) is 17.0 Å². The zero-order valence-corrected chi connectivity index (χ0v) is 15.3. The predicted octanol–water partition coefficient (Wildman–Crippen LogP) is 4.26. The highest BCUT2D eigenvalue weighted by Crippen LogP contribution is 2.17. The molecule has 0 atom stereocenters. The second-order valence-corrected chi connectivity index (χ2v) is 6.17. The third kappa shape index (κ3) is 5.77. The van der Waals surface area contributed by atoms with Gasteiger partial charge in [-0.2, -0.15) is 0 Å². The van der Waals surface area contributed by atoms with Gasteiger partial charge in [0, 0.05) is 5.56 Å². The smallest absolute Gasteiger partial charge is 0.352 e. The Labute approximate surface area is 167 Å². The second-order valence-electron chi connectivity index (χ2n) is 6.17. The highest BCUT2D eigenvalue weighted by atomic mass is 19.1. The van der Waals surface area contributed by atoms with Gasteiger partial charge in [-0.05, 0) is 53.6 Å². The molecular weight excluding hydrogens is 373 g/mol. The third-order valence-corrected chi connectivity index (χ3v) is 4.00. The summed E-state index contributed by atoms with van der Waals surface area (Å²) in [7, 11) is 0. The fourth-order valence-electron chi connectivity index (χ4n) is 2.54. The van der Waals surface area contributed by atoms with E-state index in [1.807, 2.05) is 0 Å². The van der Waals surface area contributed by atoms with Gasteiger partial charge in [-0.3, -0.25) is 4.79 Å². The molecule has 0 fully saturated rings. The van der Waals surface area contributed by atoms with Crippen molar-refractivity contribution in [2.45, 2.75) is 6.61 Å². The van der Waals surface area contributed by atoms with E-state index in [4.69, 9.17) is 4.74 Å². The van der Waals surface area contributed by atoms with E-state index < -0.39 is 11.9 Å². The highest BCUT2D eigenvalue weighted by Gasteiger charge is 2.13. The summed E-state index contributed by atoms with van der Waals surface area (Å²) in [5, 5.41) is 11.8. The number of amides is 1. The Bertz CT molecular complexity index is 1030. The lowest BCUT2D eigenvalue weighted by atomic mass is 10.1. The van der Waals surface area contributed by atoms with Crippen molar-refractivity contribution in [2.24, 2.45) is 0 Å². The molecule has 3 rings (SSSR count). The first kappa shape index (κ1) is 19.8. The number of carbonyl (C=O) groups is 2. The van der Waals surface area contributed by atoms with Crippen LogP contribution in [0.1, 0.15) is 21.5 Å². The molecule has 3 aromatic rings. The molecule has 3 aromatic carbocycles. The van der Waals surface area contributed by atoms with Crippen molar-refractivity contribution in [3.63, 3.8) is 0 Å². The van der Waals surface area contributed by atoms with Crippen LogP contribution in [0.3, 0.4) is 0 Å². The zero-order chi connectivity index (χ0) is 20.6. The lowest BCUT2D eigenvalue weighted by molar-refractivity contribution is -0.132. The summed E-state index contributed by atoms with van der Waals surface area (Å²) < 4.78 is 18.6. The monoisotopic (exact) mass is 391 g/mol. The van der Waals surface area contributed by atoms with Gasteiger partial charge in [0.15, 0.2) is 0 Å². The molecule has 5 nitrogen and oxygen atoms in total. The minimum absolute atomic E-state index is 0.240. The van der Waals surface area contributed by atoms with Crippen LogP contribution in [-0.2, 0) is 11.4 Å². The maximum atomic E-state index is 13.0. The molecule has 1 amide bonds. The molecule has 146 valence electrons. The molecule has 0 bridgehead atoms. The Morgan fingerprint density at radius 1 is 0.966 bits per heavy atom. The van der Waals surface area contributed by atoms with Crippen molar-refractivity contribution in [2.75, 3.05) is 0 Å². The van der Waals surface area contributed by atoms with Crippen LogP contribution in [0.15, 0.2) is 84.6 Å². The van der Waals surface area contributed by atoms with E-state index in [1.165, 1.54) is 18.2 Å². The molecule has 0 saturated heterocycles. The number of nitrogens with one attached hydrogen (secondary N) is 1. The SMILES string of the molecule is O=C(O)C(=Cc1cccc(OCc2ccc(F)cc2)c1)NC(=O)c1ccccc1. The van der Waals surface area contributed by atoms with Crippen molar-refractivity contribution in [3.05, 3.63) is 107 Å².